The first-order chi connectivity index (χ1) is 3.13. The molecule has 0 aromatic heterocycles. The van der Waals surface area contributed by atoms with Crippen molar-refractivity contribution in [3.63, 3.8) is 0 Å². The van der Waals surface area contributed by atoms with E-state index in [0.717, 1.165) is 6.61 Å². The van der Waals surface area contributed by atoms with Crippen LogP contribution in [0.3, 0.4) is 0 Å². The average Bonchev–Trinajstić information content (AvgIpc) is 1.63. The van der Waals surface area contributed by atoms with E-state index in [9.17, 15) is 0 Å². The molecular weight excluding hydrogens is 156 g/mol. The molecule has 0 radical (unpaired) electrons. The fourth-order valence-electron chi connectivity index (χ4n) is 0.480. The van der Waals surface area contributed by atoms with E-state index in [2.05, 4.69) is 29.8 Å². The third-order valence-corrected chi connectivity index (χ3v) is 2.34. The summed E-state index contributed by atoms with van der Waals surface area (Å²) >= 11 is 3.50. The standard InChI is InChI=1S/C5H9BrO/c1-4-5(2,6)3-7-4/h4H,3H2,1-2H3. The molecule has 1 nitrogen and oxygen atoms in total. The Morgan fingerprint density at radius 1 is 1.86 bits per heavy atom. The van der Waals surface area contributed by atoms with Crippen molar-refractivity contribution in [2.24, 2.45) is 0 Å². The van der Waals surface area contributed by atoms with Crippen molar-refractivity contribution in [3.8, 4) is 0 Å². The Kier molecular flexibility index (Phi) is 1.16. The van der Waals surface area contributed by atoms with Crippen LogP contribution in [0.2, 0.25) is 0 Å². The predicted molar refractivity (Wildman–Crippen MR) is 32.7 cm³/mol. The number of hydrogen-bond donors (Lipinski definition) is 0. The summed E-state index contributed by atoms with van der Waals surface area (Å²) in [6.07, 6.45) is 0.396. The lowest BCUT2D eigenvalue weighted by Gasteiger charge is -2.39. The second-order valence-electron chi connectivity index (χ2n) is 2.23. The summed E-state index contributed by atoms with van der Waals surface area (Å²) in [6.45, 7) is 5.06. The fourth-order valence-corrected chi connectivity index (χ4v) is 0.744. The maximum absolute atomic E-state index is 5.10. The van der Waals surface area contributed by atoms with Crippen LogP contribution in [-0.4, -0.2) is 17.0 Å². The molecule has 0 N–H and O–H groups in total. The SMILES string of the molecule is CC1OCC1(C)Br. The van der Waals surface area contributed by atoms with Crippen LogP contribution in [-0.2, 0) is 4.74 Å². The molecule has 1 heterocycles. The van der Waals surface area contributed by atoms with E-state index in [-0.39, 0.29) is 4.32 Å². The molecule has 1 aliphatic heterocycles. The summed E-state index contributed by atoms with van der Waals surface area (Å²) < 4.78 is 5.37. The molecule has 2 atom stereocenters. The summed E-state index contributed by atoms with van der Waals surface area (Å²) in [4.78, 5) is 0. The molecule has 7 heavy (non-hydrogen) atoms. The zero-order valence-corrected chi connectivity index (χ0v) is 6.16. The van der Waals surface area contributed by atoms with Gasteiger partial charge in [0, 0.05) is 0 Å². The Hall–Kier alpha value is 0.440. The van der Waals surface area contributed by atoms with Gasteiger partial charge in [0.05, 0.1) is 17.0 Å². The average molecular weight is 165 g/mol. The van der Waals surface area contributed by atoms with Crippen LogP contribution in [0, 0.1) is 0 Å². The van der Waals surface area contributed by atoms with Gasteiger partial charge in [-0.15, -0.1) is 0 Å². The summed E-state index contributed by atoms with van der Waals surface area (Å²) in [5.74, 6) is 0. The zero-order valence-electron chi connectivity index (χ0n) is 4.57. The van der Waals surface area contributed by atoms with Gasteiger partial charge in [-0.1, -0.05) is 15.9 Å². The van der Waals surface area contributed by atoms with Crippen LogP contribution >= 0.6 is 15.9 Å². The minimum Gasteiger partial charge on any atom is -0.375 e. The molecule has 0 aromatic carbocycles. The van der Waals surface area contributed by atoms with Gasteiger partial charge in [0.1, 0.15) is 0 Å². The van der Waals surface area contributed by atoms with E-state index < -0.39 is 0 Å². The van der Waals surface area contributed by atoms with Crippen molar-refractivity contribution in [2.75, 3.05) is 6.61 Å². The van der Waals surface area contributed by atoms with Gasteiger partial charge in [-0.05, 0) is 13.8 Å². The molecule has 2 heteroatoms. The van der Waals surface area contributed by atoms with Crippen LogP contribution in [0.15, 0.2) is 0 Å². The largest absolute Gasteiger partial charge is 0.375 e. The monoisotopic (exact) mass is 164 g/mol. The van der Waals surface area contributed by atoms with E-state index in [1.54, 1.807) is 0 Å². The highest BCUT2D eigenvalue weighted by Crippen LogP contribution is 2.33. The second kappa shape index (κ2) is 1.46. The molecular formula is C5H9BrO. The first kappa shape index (κ1) is 5.57. The van der Waals surface area contributed by atoms with E-state index in [1.165, 1.54) is 0 Å². The molecule has 1 aliphatic rings. The van der Waals surface area contributed by atoms with Crippen molar-refractivity contribution in [3.05, 3.63) is 0 Å². The van der Waals surface area contributed by atoms with Crippen LogP contribution in [0.4, 0.5) is 0 Å². The van der Waals surface area contributed by atoms with Gasteiger partial charge in [0.25, 0.3) is 0 Å². The predicted octanol–water partition coefficient (Wildman–Crippen LogP) is 1.56. The van der Waals surface area contributed by atoms with E-state index in [0.29, 0.717) is 6.10 Å². The lowest BCUT2D eigenvalue weighted by Crippen LogP contribution is -2.49. The van der Waals surface area contributed by atoms with Gasteiger partial charge in [0.15, 0.2) is 0 Å². The van der Waals surface area contributed by atoms with Gasteiger partial charge >= 0.3 is 0 Å². The number of alkyl halides is 1. The summed E-state index contributed by atoms with van der Waals surface area (Å²) in [6, 6.07) is 0. The third kappa shape index (κ3) is 0.820. The van der Waals surface area contributed by atoms with E-state index >= 15 is 0 Å². The van der Waals surface area contributed by atoms with Gasteiger partial charge in [-0.3, -0.25) is 0 Å². The summed E-state index contributed by atoms with van der Waals surface area (Å²) in [5, 5.41) is 0. The quantitative estimate of drug-likeness (QED) is 0.495. The van der Waals surface area contributed by atoms with Crippen molar-refractivity contribution in [1.82, 2.24) is 0 Å². The maximum Gasteiger partial charge on any atom is 0.0721 e. The molecule has 0 saturated carbocycles. The molecule has 0 bridgehead atoms. The number of ether oxygens (including phenoxy) is 1. The molecule has 1 fully saturated rings. The zero-order chi connectivity index (χ0) is 5.49. The van der Waals surface area contributed by atoms with Crippen LogP contribution in [0.1, 0.15) is 13.8 Å². The van der Waals surface area contributed by atoms with Gasteiger partial charge in [-0.2, -0.15) is 0 Å². The fraction of sp³-hybridized carbons (Fsp3) is 1.00. The molecule has 0 aliphatic carbocycles. The Bertz CT molecular complexity index is 80.1. The van der Waals surface area contributed by atoms with Gasteiger partial charge < -0.3 is 4.74 Å². The van der Waals surface area contributed by atoms with E-state index in [4.69, 9.17) is 4.74 Å². The summed E-state index contributed by atoms with van der Waals surface area (Å²) in [7, 11) is 0. The van der Waals surface area contributed by atoms with Crippen molar-refractivity contribution >= 4 is 15.9 Å². The number of hydrogen-bond acceptors (Lipinski definition) is 1. The molecule has 0 amide bonds. The van der Waals surface area contributed by atoms with Crippen LogP contribution < -0.4 is 0 Å². The van der Waals surface area contributed by atoms with Crippen molar-refractivity contribution in [1.29, 1.82) is 0 Å². The van der Waals surface area contributed by atoms with Gasteiger partial charge in [-0.25, -0.2) is 0 Å². The van der Waals surface area contributed by atoms with E-state index in [1.807, 2.05) is 0 Å². The number of halogens is 1. The molecule has 0 aromatic rings. The number of rotatable bonds is 0. The first-order valence-electron chi connectivity index (χ1n) is 2.43. The van der Waals surface area contributed by atoms with Crippen LogP contribution in [0.5, 0.6) is 0 Å². The lowest BCUT2D eigenvalue weighted by atomic mass is 10.0. The molecule has 1 saturated heterocycles. The maximum atomic E-state index is 5.10. The summed E-state index contributed by atoms with van der Waals surface area (Å²) in [5.41, 5.74) is 0. The Morgan fingerprint density at radius 3 is 2.29 bits per heavy atom. The van der Waals surface area contributed by atoms with Crippen molar-refractivity contribution in [2.45, 2.75) is 24.3 Å². The highest BCUT2D eigenvalue weighted by Gasteiger charge is 2.38. The molecule has 1 rings (SSSR count). The highest BCUT2D eigenvalue weighted by atomic mass is 79.9. The van der Waals surface area contributed by atoms with Gasteiger partial charge in [0.2, 0.25) is 0 Å². The molecule has 0 spiro atoms. The Balaban J connectivity index is 2.43. The Labute approximate surface area is 52.2 Å². The topological polar surface area (TPSA) is 9.23 Å². The normalized spacial score (nSPS) is 51.0. The minimum atomic E-state index is 0.271. The minimum absolute atomic E-state index is 0.271. The lowest BCUT2D eigenvalue weighted by molar-refractivity contribution is -0.0687. The smallest absolute Gasteiger partial charge is 0.0721 e. The molecule has 2 unspecified atom stereocenters. The second-order valence-corrected chi connectivity index (χ2v) is 4.04. The third-order valence-electron chi connectivity index (χ3n) is 1.46. The Morgan fingerprint density at radius 2 is 2.29 bits per heavy atom. The molecule has 42 valence electrons. The highest BCUT2D eigenvalue weighted by molar-refractivity contribution is 9.10. The van der Waals surface area contributed by atoms with Crippen molar-refractivity contribution < 1.29 is 4.74 Å². The van der Waals surface area contributed by atoms with Crippen LogP contribution in [0.25, 0.3) is 0 Å². The first-order valence-corrected chi connectivity index (χ1v) is 3.23.